The van der Waals surface area contributed by atoms with Crippen molar-refractivity contribution in [2.24, 2.45) is 15.9 Å². The number of amides is 1. The van der Waals surface area contributed by atoms with Gasteiger partial charge in [-0.25, -0.2) is 23.2 Å². The fourth-order valence-electron chi connectivity index (χ4n) is 4.44. The van der Waals surface area contributed by atoms with Crippen LogP contribution in [0.3, 0.4) is 0 Å². The number of benzene rings is 1. The Morgan fingerprint density at radius 3 is 2.50 bits per heavy atom. The van der Waals surface area contributed by atoms with E-state index in [9.17, 15) is 18.0 Å². The van der Waals surface area contributed by atoms with Crippen LogP contribution in [-0.2, 0) is 19.4 Å². The van der Waals surface area contributed by atoms with Gasteiger partial charge in [-0.2, -0.15) is 0 Å². The standard InChI is InChI=1S/C24H32ClN3O5S/c1-5-6-12-24(26-19(16-29)21(25)27-24)14-17-13-20(28(15-17)22(30)33-23(2,3)4)34(31,32)18-10-8-7-9-11-18/h7-11,16-17,20H,5-6,12-15H2,1-4H3. The number of carbonyl (C=O) groups excluding carboxylic acids is 2. The van der Waals surface area contributed by atoms with Crippen molar-refractivity contribution in [3.05, 3.63) is 30.3 Å². The quantitative estimate of drug-likeness (QED) is 0.476. The Bertz CT molecular complexity index is 1080. The van der Waals surface area contributed by atoms with Gasteiger partial charge in [-0.1, -0.05) is 43.1 Å². The van der Waals surface area contributed by atoms with E-state index in [1.807, 2.05) is 6.92 Å². The van der Waals surface area contributed by atoms with E-state index in [0.717, 1.165) is 12.8 Å². The lowest BCUT2D eigenvalue weighted by Gasteiger charge is -2.28. The summed E-state index contributed by atoms with van der Waals surface area (Å²) in [5.74, 6) is -0.226. The molecule has 1 aromatic rings. The summed E-state index contributed by atoms with van der Waals surface area (Å²) < 4.78 is 32.6. The lowest BCUT2D eigenvalue weighted by molar-refractivity contribution is -0.102. The maximum atomic E-state index is 13.5. The van der Waals surface area contributed by atoms with Crippen molar-refractivity contribution in [2.45, 2.75) is 81.3 Å². The first-order valence-corrected chi connectivity index (χ1v) is 13.4. The highest BCUT2D eigenvalue weighted by atomic mass is 35.5. The van der Waals surface area contributed by atoms with Gasteiger partial charge in [0.1, 0.15) is 16.7 Å². The second-order valence-electron chi connectivity index (χ2n) is 9.85. The van der Waals surface area contributed by atoms with E-state index >= 15 is 0 Å². The summed E-state index contributed by atoms with van der Waals surface area (Å²) in [6.45, 7) is 7.44. The van der Waals surface area contributed by atoms with Crippen LogP contribution >= 0.6 is 11.6 Å². The molecule has 1 aromatic carbocycles. The van der Waals surface area contributed by atoms with Crippen LogP contribution in [0.25, 0.3) is 0 Å². The highest BCUT2D eigenvalue weighted by Gasteiger charge is 2.48. The van der Waals surface area contributed by atoms with E-state index in [1.165, 1.54) is 17.0 Å². The zero-order valence-corrected chi connectivity index (χ0v) is 21.6. The van der Waals surface area contributed by atoms with Crippen molar-refractivity contribution in [3.63, 3.8) is 0 Å². The number of aliphatic imine (C=N–C) groups is 2. The summed E-state index contributed by atoms with van der Waals surface area (Å²) in [6.07, 6.45) is 2.80. The predicted molar refractivity (Wildman–Crippen MR) is 132 cm³/mol. The summed E-state index contributed by atoms with van der Waals surface area (Å²) in [7, 11) is -3.85. The Labute approximate surface area is 206 Å². The Kier molecular flexibility index (Phi) is 7.87. The molecule has 10 heteroatoms. The fourth-order valence-corrected chi connectivity index (χ4v) is 6.57. The molecule has 0 aromatic heterocycles. The molecule has 0 radical (unpaired) electrons. The van der Waals surface area contributed by atoms with Crippen LogP contribution < -0.4 is 0 Å². The average molecular weight is 510 g/mol. The predicted octanol–water partition coefficient (Wildman–Crippen LogP) is 4.61. The first-order chi connectivity index (χ1) is 15.9. The molecule has 0 N–H and O–H groups in total. The van der Waals surface area contributed by atoms with E-state index in [-0.39, 0.29) is 34.7 Å². The monoisotopic (exact) mass is 509 g/mol. The number of hydrogen-bond acceptors (Lipinski definition) is 7. The lowest BCUT2D eigenvalue weighted by atomic mass is 9.91. The topological polar surface area (TPSA) is 105 Å². The molecule has 1 saturated heterocycles. The van der Waals surface area contributed by atoms with Gasteiger partial charge in [0.2, 0.25) is 0 Å². The smallest absolute Gasteiger partial charge is 0.411 e. The summed E-state index contributed by atoms with van der Waals surface area (Å²) in [4.78, 5) is 34.9. The molecule has 0 spiro atoms. The van der Waals surface area contributed by atoms with Crippen molar-refractivity contribution in [3.8, 4) is 0 Å². The van der Waals surface area contributed by atoms with E-state index in [2.05, 4.69) is 9.98 Å². The Morgan fingerprint density at radius 2 is 1.94 bits per heavy atom. The summed E-state index contributed by atoms with van der Waals surface area (Å²) in [5, 5.41) is -1.00. The van der Waals surface area contributed by atoms with Crippen LogP contribution in [0.5, 0.6) is 0 Å². The summed E-state index contributed by atoms with van der Waals surface area (Å²) >= 11 is 6.17. The molecule has 2 heterocycles. The number of halogens is 1. The first kappa shape index (κ1) is 26.3. The molecular weight excluding hydrogens is 478 g/mol. The second kappa shape index (κ2) is 10.2. The molecule has 186 valence electrons. The van der Waals surface area contributed by atoms with Gasteiger partial charge in [-0.15, -0.1) is 0 Å². The van der Waals surface area contributed by atoms with Crippen LogP contribution in [0.15, 0.2) is 45.2 Å². The maximum Gasteiger partial charge on any atom is 0.411 e. The molecule has 3 unspecified atom stereocenters. The van der Waals surface area contributed by atoms with E-state index in [1.54, 1.807) is 39.0 Å². The van der Waals surface area contributed by atoms with Crippen LogP contribution in [0.2, 0.25) is 0 Å². The van der Waals surface area contributed by atoms with Crippen molar-refractivity contribution in [1.29, 1.82) is 0 Å². The SMILES string of the molecule is CCCCC1(CC2CC(S(=O)(=O)c3ccccc3)N(C(=O)OC(C)(C)C)C2)N=C(Cl)C(C=O)=N1. The van der Waals surface area contributed by atoms with Crippen molar-refractivity contribution in [2.75, 3.05) is 6.54 Å². The van der Waals surface area contributed by atoms with Crippen molar-refractivity contribution < 1.29 is 22.7 Å². The molecule has 3 atom stereocenters. The number of unbranched alkanes of at least 4 members (excludes halogenated alkanes) is 1. The Hall–Kier alpha value is -2.26. The molecule has 0 saturated carbocycles. The highest BCUT2D eigenvalue weighted by molar-refractivity contribution is 7.92. The zero-order valence-electron chi connectivity index (χ0n) is 20.0. The molecule has 34 heavy (non-hydrogen) atoms. The second-order valence-corrected chi connectivity index (χ2v) is 12.3. The molecule has 1 amide bonds. The van der Waals surface area contributed by atoms with Gasteiger partial charge in [0, 0.05) is 6.54 Å². The van der Waals surface area contributed by atoms with Crippen molar-refractivity contribution >= 4 is 44.7 Å². The molecule has 2 aliphatic heterocycles. The van der Waals surface area contributed by atoms with Gasteiger partial charge in [-0.05, 0) is 64.5 Å². The van der Waals surface area contributed by atoms with E-state index < -0.39 is 32.6 Å². The van der Waals surface area contributed by atoms with Crippen LogP contribution in [0.1, 0.15) is 59.8 Å². The molecule has 2 aliphatic rings. The number of likely N-dealkylation sites (tertiary alicyclic amines) is 1. The van der Waals surface area contributed by atoms with Gasteiger partial charge in [0.25, 0.3) is 0 Å². The number of nitrogens with zero attached hydrogens (tertiary/aromatic N) is 3. The van der Waals surface area contributed by atoms with Crippen LogP contribution in [-0.4, -0.2) is 59.8 Å². The third-order valence-electron chi connectivity index (χ3n) is 5.90. The van der Waals surface area contributed by atoms with Crippen molar-refractivity contribution in [1.82, 2.24) is 4.90 Å². The summed E-state index contributed by atoms with van der Waals surface area (Å²) in [5.41, 5.74) is -1.60. The maximum absolute atomic E-state index is 13.5. The van der Waals surface area contributed by atoms with Gasteiger partial charge in [-0.3, -0.25) is 9.69 Å². The van der Waals surface area contributed by atoms with E-state index in [4.69, 9.17) is 16.3 Å². The third kappa shape index (κ3) is 5.86. The van der Waals surface area contributed by atoms with Crippen LogP contribution in [0.4, 0.5) is 4.79 Å². The minimum absolute atomic E-state index is 0.0709. The first-order valence-electron chi connectivity index (χ1n) is 11.5. The fraction of sp³-hybridized carbons (Fsp3) is 0.583. The molecule has 8 nitrogen and oxygen atoms in total. The Balaban J connectivity index is 1.93. The third-order valence-corrected chi connectivity index (χ3v) is 8.27. The number of rotatable bonds is 8. The minimum Gasteiger partial charge on any atom is -0.444 e. The number of carbonyl (C=O) groups is 2. The van der Waals surface area contributed by atoms with Gasteiger partial charge < -0.3 is 4.74 Å². The zero-order chi connectivity index (χ0) is 25.1. The highest BCUT2D eigenvalue weighted by Crippen LogP contribution is 2.40. The molecule has 0 bridgehead atoms. The lowest BCUT2D eigenvalue weighted by Crippen LogP contribution is -2.43. The molecular formula is C24H32ClN3O5S. The molecule has 0 aliphatic carbocycles. The minimum atomic E-state index is -3.85. The normalized spacial score (nSPS) is 25.1. The van der Waals surface area contributed by atoms with Crippen LogP contribution in [0, 0.1) is 5.92 Å². The average Bonchev–Trinajstić information content (AvgIpc) is 3.33. The molecule has 1 fully saturated rings. The van der Waals surface area contributed by atoms with E-state index in [0.29, 0.717) is 19.1 Å². The van der Waals surface area contributed by atoms with Gasteiger partial charge in [0.15, 0.2) is 27.0 Å². The number of sulfone groups is 1. The number of hydrogen-bond donors (Lipinski definition) is 0. The Morgan fingerprint density at radius 1 is 1.26 bits per heavy atom. The van der Waals surface area contributed by atoms with Gasteiger partial charge >= 0.3 is 6.09 Å². The number of aldehydes is 1. The largest absolute Gasteiger partial charge is 0.444 e. The molecule has 3 rings (SSSR count). The number of ether oxygens (including phenoxy) is 1. The summed E-state index contributed by atoms with van der Waals surface area (Å²) in [6, 6.07) is 8.11. The van der Waals surface area contributed by atoms with Gasteiger partial charge in [0.05, 0.1) is 4.90 Å².